The van der Waals surface area contributed by atoms with Crippen molar-refractivity contribution in [2.75, 3.05) is 43.4 Å². The van der Waals surface area contributed by atoms with Gasteiger partial charge in [-0.05, 0) is 38.6 Å². The third-order valence-electron chi connectivity index (χ3n) is 5.69. The number of piperazine rings is 1. The summed E-state index contributed by atoms with van der Waals surface area (Å²) >= 11 is 1.58. The number of nitrogens with zero attached hydrogens (tertiary/aromatic N) is 5. The minimum atomic E-state index is -0.438. The molecule has 0 radical (unpaired) electrons. The topological polar surface area (TPSA) is 82.2 Å². The Bertz CT molecular complexity index is 1280. The fourth-order valence-electron chi connectivity index (χ4n) is 3.82. The zero-order valence-corrected chi connectivity index (χ0v) is 19.7. The second-order valence-electron chi connectivity index (χ2n) is 8.19. The quantitative estimate of drug-likeness (QED) is 0.425. The molecular formula is C23H26FN7OS. The van der Waals surface area contributed by atoms with Gasteiger partial charge in [0.15, 0.2) is 16.7 Å². The molecule has 33 heavy (non-hydrogen) atoms. The number of halogens is 1. The number of aryl methyl sites for hydroxylation is 2. The third kappa shape index (κ3) is 4.62. The molecule has 10 heteroatoms. The number of rotatable bonds is 6. The second kappa shape index (κ2) is 8.95. The summed E-state index contributed by atoms with van der Waals surface area (Å²) in [4.78, 5) is 22.3. The van der Waals surface area contributed by atoms with Crippen LogP contribution in [-0.2, 0) is 6.42 Å². The van der Waals surface area contributed by atoms with Gasteiger partial charge in [-0.25, -0.2) is 9.37 Å². The molecule has 0 bridgehead atoms. The summed E-state index contributed by atoms with van der Waals surface area (Å²) in [5.74, 6) is 0.949. The Morgan fingerprint density at radius 2 is 2.00 bits per heavy atom. The van der Waals surface area contributed by atoms with Crippen molar-refractivity contribution >= 4 is 39.0 Å². The highest BCUT2D eigenvalue weighted by Gasteiger charge is 2.19. The molecule has 1 saturated heterocycles. The molecule has 5 rings (SSSR count). The number of nitrogens with one attached hydrogen (secondary N) is 2. The van der Waals surface area contributed by atoms with Crippen LogP contribution in [0.4, 0.5) is 21.2 Å². The van der Waals surface area contributed by atoms with E-state index in [1.54, 1.807) is 29.5 Å². The highest BCUT2D eigenvalue weighted by Crippen LogP contribution is 2.32. The van der Waals surface area contributed by atoms with Crippen LogP contribution in [0.25, 0.3) is 10.9 Å². The van der Waals surface area contributed by atoms with Gasteiger partial charge in [-0.1, -0.05) is 6.92 Å². The number of benzene rings is 1. The monoisotopic (exact) mass is 467 g/mol. The minimum Gasteiger partial charge on any atom is -0.421 e. The van der Waals surface area contributed by atoms with Crippen LogP contribution < -0.4 is 15.0 Å². The van der Waals surface area contributed by atoms with Gasteiger partial charge in [-0.2, -0.15) is 9.97 Å². The van der Waals surface area contributed by atoms with Crippen molar-refractivity contribution in [2.24, 2.45) is 0 Å². The van der Waals surface area contributed by atoms with Crippen molar-refractivity contribution < 1.29 is 9.13 Å². The highest BCUT2D eigenvalue weighted by atomic mass is 32.1. The SMILES string of the molecule is CCc1cnc(Nc2cc(N3CCN(C)CC3)nc(Oc3ccc4[nH]c(C)cc4c3F)n2)s1. The Balaban J connectivity index is 1.48. The van der Waals surface area contributed by atoms with Crippen LogP contribution >= 0.6 is 11.3 Å². The van der Waals surface area contributed by atoms with E-state index in [0.29, 0.717) is 11.2 Å². The lowest BCUT2D eigenvalue weighted by Gasteiger charge is -2.33. The predicted molar refractivity (Wildman–Crippen MR) is 130 cm³/mol. The summed E-state index contributed by atoms with van der Waals surface area (Å²) in [7, 11) is 2.11. The summed E-state index contributed by atoms with van der Waals surface area (Å²) < 4.78 is 21.0. The summed E-state index contributed by atoms with van der Waals surface area (Å²) in [6.07, 6.45) is 2.78. The van der Waals surface area contributed by atoms with Gasteiger partial charge in [-0.15, -0.1) is 11.3 Å². The number of aromatic nitrogens is 4. The van der Waals surface area contributed by atoms with E-state index in [2.05, 4.69) is 49.0 Å². The van der Waals surface area contributed by atoms with E-state index < -0.39 is 5.82 Å². The first-order valence-corrected chi connectivity index (χ1v) is 11.8. The first kappa shape index (κ1) is 21.6. The lowest BCUT2D eigenvalue weighted by atomic mass is 10.2. The van der Waals surface area contributed by atoms with Crippen molar-refractivity contribution in [2.45, 2.75) is 20.3 Å². The number of hydrogen-bond donors (Lipinski definition) is 2. The minimum absolute atomic E-state index is 0.0884. The number of likely N-dealkylation sites (N-methyl/N-ethyl adjacent to an activating group) is 1. The first-order chi connectivity index (χ1) is 16.0. The van der Waals surface area contributed by atoms with Crippen molar-refractivity contribution in [3.05, 3.63) is 46.9 Å². The molecule has 172 valence electrons. The number of hydrogen-bond acceptors (Lipinski definition) is 8. The lowest BCUT2D eigenvalue weighted by molar-refractivity contribution is 0.311. The molecule has 1 aliphatic heterocycles. The van der Waals surface area contributed by atoms with Gasteiger partial charge in [0.2, 0.25) is 0 Å². The number of thiazole rings is 1. The maximum Gasteiger partial charge on any atom is 0.326 e. The largest absolute Gasteiger partial charge is 0.421 e. The van der Waals surface area contributed by atoms with E-state index in [9.17, 15) is 0 Å². The number of ether oxygens (including phenoxy) is 1. The molecule has 0 aliphatic carbocycles. The molecule has 1 aromatic carbocycles. The predicted octanol–water partition coefficient (Wildman–Crippen LogP) is 4.71. The van der Waals surface area contributed by atoms with E-state index >= 15 is 4.39 Å². The molecule has 1 aliphatic rings. The fraction of sp³-hybridized carbons (Fsp3) is 0.348. The van der Waals surface area contributed by atoms with Crippen molar-refractivity contribution in [1.29, 1.82) is 0 Å². The third-order valence-corrected chi connectivity index (χ3v) is 6.75. The normalized spacial score (nSPS) is 14.7. The Kier molecular flexibility index (Phi) is 5.86. The van der Waals surface area contributed by atoms with Crippen LogP contribution in [0.3, 0.4) is 0 Å². The lowest BCUT2D eigenvalue weighted by Crippen LogP contribution is -2.44. The Morgan fingerprint density at radius 1 is 1.18 bits per heavy atom. The molecule has 0 unspecified atom stereocenters. The Hall–Kier alpha value is -3.24. The van der Waals surface area contributed by atoms with Gasteiger partial charge in [0.25, 0.3) is 0 Å². The summed E-state index contributed by atoms with van der Waals surface area (Å²) in [5, 5.41) is 4.49. The van der Waals surface area contributed by atoms with Gasteiger partial charge in [0, 0.05) is 59.9 Å². The average Bonchev–Trinajstić information content (AvgIpc) is 3.42. The van der Waals surface area contributed by atoms with Gasteiger partial charge in [0.1, 0.15) is 11.6 Å². The molecule has 2 N–H and O–H groups in total. The van der Waals surface area contributed by atoms with Gasteiger partial charge in [0.05, 0.1) is 0 Å². The van der Waals surface area contributed by atoms with Gasteiger partial charge >= 0.3 is 6.01 Å². The Morgan fingerprint density at radius 3 is 2.76 bits per heavy atom. The van der Waals surface area contributed by atoms with Crippen LogP contribution in [0.5, 0.6) is 11.8 Å². The van der Waals surface area contributed by atoms with Crippen molar-refractivity contribution in [3.8, 4) is 11.8 Å². The molecule has 0 spiro atoms. The summed E-state index contributed by atoms with van der Waals surface area (Å²) in [5.41, 5.74) is 1.61. The maximum absolute atomic E-state index is 15.1. The van der Waals surface area contributed by atoms with Crippen molar-refractivity contribution in [1.82, 2.24) is 24.8 Å². The number of H-pyrrole nitrogens is 1. The van der Waals surface area contributed by atoms with E-state index in [-0.39, 0.29) is 11.8 Å². The van der Waals surface area contributed by atoms with Crippen LogP contribution in [0.15, 0.2) is 30.5 Å². The Labute approximate surface area is 195 Å². The molecule has 0 atom stereocenters. The highest BCUT2D eigenvalue weighted by molar-refractivity contribution is 7.15. The molecule has 4 aromatic rings. The second-order valence-corrected chi connectivity index (χ2v) is 9.30. The summed E-state index contributed by atoms with van der Waals surface area (Å²) in [6.45, 7) is 7.54. The van der Waals surface area contributed by atoms with Crippen LogP contribution in [0, 0.1) is 12.7 Å². The molecule has 0 amide bonds. The number of fused-ring (bicyclic) bond motifs is 1. The van der Waals surface area contributed by atoms with Crippen LogP contribution in [0.2, 0.25) is 0 Å². The van der Waals surface area contributed by atoms with Crippen LogP contribution in [0.1, 0.15) is 17.5 Å². The zero-order valence-electron chi connectivity index (χ0n) is 18.9. The first-order valence-electron chi connectivity index (χ1n) is 11.0. The fourth-order valence-corrected chi connectivity index (χ4v) is 4.58. The molecule has 0 saturated carbocycles. The van der Waals surface area contributed by atoms with Crippen LogP contribution in [-0.4, -0.2) is 58.1 Å². The van der Waals surface area contributed by atoms with E-state index in [0.717, 1.165) is 54.8 Å². The standard InChI is InChI=1S/C23H26FN7OS/c1-4-15-13-25-23(33-15)28-19-12-20(31-9-7-30(3)8-10-31)29-22(27-19)32-18-6-5-17-16(21(18)24)11-14(2)26-17/h5-6,11-13,26H,4,7-10H2,1-3H3,(H,25,27,28,29). The molecule has 8 nitrogen and oxygen atoms in total. The zero-order chi connectivity index (χ0) is 22.9. The van der Waals surface area contributed by atoms with Crippen molar-refractivity contribution in [3.63, 3.8) is 0 Å². The smallest absolute Gasteiger partial charge is 0.326 e. The summed E-state index contributed by atoms with van der Waals surface area (Å²) in [6, 6.07) is 7.14. The van der Waals surface area contributed by atoms with Gasteiger partial charge in [-0.3, -0.25) is 0 Å². The van der Waals surface area contributed by atoms with Gasteiger partial charge < -0.3 is 24.8 Å². The number of aromatic amines is 1. The molecular weight excluding hydrogens is 441 g/mol. The van der Waals surface area contributed by atoms with E-state index in [4.69, 9.17) is 4.74 Å². The molecule has 3 aromatic heterocycles. The van der Waals surface area contributed by atoms with E-state index in [1.807, 2.05) is 19.2 Å². The maximum atomic E-state index is 15.1. The number of anilines is 3. The van der Waals surface area contributed by atoms with E-state index in [1.165, 1.54) is 4.88 Å². The molecule has 4 heterocycles. The average molecular weight is 468 g/mol. The molecule has 1 fully saturated rings.